The molecule has 144 valence electrons. The van der Waals surface area contributed by atoms with Gasteiger partial charge in [0.2, 0.25) is 0 Å². The van der Waals surface area contributed by atoms with Gasteiger partial charge in [0.05, 0.1) is 17.5 Å². The van der Waals surface area contributed by atoms with Crippen LogP contribution in [0.1, 0.15) is 43.4 Å². The molecule has 0 unspecified atom stereocenters. The summed E-state index contributed by atoms with van der Waals surface area (Å²) in [6.07, 6.45) is 6.20. The van der Waals surface area contributed by atoms with Gasteiger partial charge >= 0.3 is 0 Å². The first-order valence-electron chi connectivity index (χ1n) is 9.62. The molecule has 1 saturated carbocycles. The van der Waals surface area contributed by atoms with Crippen molar-refractivity contribution in [3.05, 3.63) is 60.6 Å². The number of ether oxygens (including phenoxy) is 2. The van der Waals surface area contributed by atoms with Gasteiger partial charge in [-0.25, -0.2) is 9.97 Å². The number of nitrogen functional groups attached to an aromatic ring is 1. The molecule has 5 rings (SSSR count). The summed E-state index contributed by atoms with van der Waals surface area (Å²) in [5.41, 5.74) is 9.17. The lowest BCUT2D eigenvalue weighted by Gasteiger charge is -2.24. The molecule has 6 heteroatoms. The number of benzene rings is 1. The molecule has 1 aromatic carbocycles. The normalized spacial score (nSPS) is 28.5. The summed E-state index contributed by atoms with van der Waals surface area (Å²) in [5.74, 6) is 0.109. The van der Waals surface area contributed by atoms with Gasteiger partial charge in [-0.1, -0.05) is 43.0 Å². The Morgan fingerprint density at radius 1 is 1.18 bits per heavy atom. The number of hydrogen-bond acceptors (Lipinski definition) is 5. The maximum atomic E-state index is 6.37. The van der Waals surface area contributed by atoms with Gasteiger partial charge in [0.15, 0.2) is 5.79 Å². The predicted molar refractivity (Wildman–Crippen MR) is 109 cm³/mol. The molecule has 0 bridgehead atoms. The number of fused-ring (bicyclic) bond motifs is 2. The van der Waals surface area contributed by atoms with E-state index in [2.05, 4.69) is 51.6 Å². The molecule has 0 amide bonds. The molecule has 28 heavy (non-hydrogen) atoms. The molecule has 6 nitrogen and oxygen atoms in total. The largest absolute Gasteiger partial charge is 0.383 e. The predicted octanol–water partition coefficient (Wildman–Crippen LogP) is 3.91. The fraction of sp³-hybridized carbons (Fsp3) is 0.364. The van der Waals surface area contributed by atoms with Gasteiger partial charge in [-0.15, -0.1) is 0 Å². The summed E-state index contributed by atoms with van der Waals surface area (Å²) in [6, 6.07) is 10.6. The SMILES string of the molecule is C=Cc1cn([C@@H]2C[C@H](c3ccccc3)[C@H]3OC(C)(C)O[C@H]32)c2ncnc(N)c12. The minimum Gasteiger partial charge on any atom is -0.383 e. The molecule has 1 aliphatic carbocycles. The molecule has 0 radical (unpaired) electrons. The molecule has 4 atom stereocenters. The maximum absolute atomic E-state index is 6.37. The van der Waals surface area contributed by atoms with Crippen LogP contribution in [0.2, 0.25) is 0 Å². The van der Waals surface area contributed by atoms with E-state index in [1.165, 1.54) is 11.9 Å². The molecule has 1 aliphatic heterocycles. The molecule has 1 saturated heterocycles. The first kappa shape index (κ1) is 17.4. The van der Waals surface area contributed by atoms with Crippen molar-refractivity contribution in [2.24, 2.45) is 0 Å². The van der Waals surface area contributed by atoms with Gasteiger partial charge in [-0.05, 0) is 25.8 Å². The fourth-order valence-electron chi connectivity index (χ4n) is 4.80. The van der Waals surface area contributed by atoms with E-state index in [1.54, 1.807) is 6.08 Å². The van der Waals surface area contributed by atoms with Gasteiger partial charge < -0.3 is 19.8 Å². The van der Waals surface area contributed by atoms with Crippen LogP contribution in [0.25, 0.3) is 17.1 Å². The van der Waals surface area contributed by atoms with E-state index in [9.17, 15) is 0 Å². The second-order valence-electron chi connectivity index (χ2n) is 8.04. The lowest BCUT2D eigenvalue weighted by Crippen LogP contribution is -2.27. The van der Waals surface area contributed by atoms with Crippen LogP contribution >= 0.6 is 0 Å². The quantitative estimate of drug-likeness (QED) is 0.750. The van der Waals surface area contributed by atoms with Crippen LogP contribution in [0.3, 0.4) is 0 Å². The number of nitrogens with two attached hydrogens (primary N) is 1. The number of hydrogen-bond donors (Lipinski definition) is 1. The molecular formula is C22H24N4O2. The number of nitrogens with zero attached hydrogens (tertiary/aromatic N) is 3. The van der Waals surface area contributed by atoms with E-state index in [-0.39, 0.29) is 24.2 Å². The van der Waals surface area contributed by atoms with Crippen LogP contribution in [0.15, 0.2) is 49.4 Å². The Balaban J connectivity index is 1.63. The van der Waals surface area contributed by atoms with Crippen molar-refractivity contribution in [2.45, 2.75) is 50.2 Å². The summed E-state index contributed by atoms with van der Waals surface area (Å²) in [7, 11) is 0. The maximum Gasteiger partial charge on any atom is 0.163 e. The average Bonchev–Trinajstić information content (AvgIpc) is 3.31. The van der Waals surface area contributed by atoms with Crippen molar-refractivity contribution in [1.29, 1.82) is 0 Å². The van der Waals surface area contributed by atoms with Gasteiger partial charge in [0.1, 0.15) is 23.9 Å². The Bertz CT molecular complexity index is 1040. The summed E-state index contributed by atoms with van der Waals surface area (Å²) in [5, 5.41) is 0.843. The summed E-state index contributed by atoms with van der Waals surface area (Å²) in [4.78, 5) is 8.69. The van der Waals surface area contributed by atoms with Crippen molar-refractivity contribution in [3.8, 4) is 0 Å². The number of anilines is 1. The summed E-state index contributed by atoms with van der Waals surface area (Å²) in [6.45, 7) is 7.89. The zero-order chi connectivity index (χ0) is 19.5. The van der Waals surface area contributed by atoms with E-state index in [0.29, 0.717) is 5.82 Å². The molecule has 2 aliphatic rings. The van der Waals surface area contributed by atoms with Crippen LogP contribution in [0.5, 0.6) is 0 Å². The van der Waals surface area contributed by atoms with Crippen molar-refractivity contribution in [1.82, 2.24) is 14.5 Å². The summed E-state index contributed by atoms with van der Waals surface area (Å²) >= 11 is 0. The Morgan fingerprint density at radius 3 is 2.68 bits per heavy atom. The van der Waals surface area contributed by atoms with Crippen LogP contribution in [-0.2, 0) is 9.47 Å². The molecule has 3 heterocycles. The smallest absolute Gasteiger partial charge is 0.163 e. The van der Waals surface area contributed by atoms with Crippen LogP contribution in [0.4, 0.5) is 5.82 Å². The van der Waals surface area contributed by atoms with Crippen LogP contribution in [0, 0.1) is 0 Å². The highest BCUT2D eigenvalue weighted by Crippen LogP contribution is 2.51. The molecule has 3 aromatic rings. The second-order valence-corrected chi connectivity index (χ2v) is 8.04. The van der Waals surface area contributed by atoms with Gasteiger partial charge in [-0.2, -0.15) is 0 Å². The lowest BCUT2D eigenvalue weighted by molar-refractivity contribution is -0.157. The third kappa shape index (κ3) is 2.56. The number of rotatable bonds is 3. The van der Waals surface area contributed by atoms with E-state index in [0.717, 1.165) is 23.0 Å². The standard InChI is InChI=1S/C22H24N4O2/c1-4-13-11-26(21-17(13)20(23)24-12-25-21)16-10-15(14-8-6-5-7-9-14)18-19(16)28-22(2,3)27-18/h4-9,11-12,15-16,18-19H,1,10H2,2-3H3,(H2,23,24,25)/t15-,16-,18-,19+/m1/s1. The van der Waals surface area contributed by atoms with Gasteiger partial charge in [-0.3, -0.25) is 0 Å². The van der Waals surface area contributed by atoms with Gasteiger partial charge in [0.25, 0.3) is 0 Å². The highest BCUT2D eigenvalue weighted by Gasteiger charge is 2.55. The average molecular weight is 376 g/mol. The van der Waals surface area contributed by atoms with E-state index in [4.69, 9.17) is 15.2 Å². The van der Waals surface area contributed by atoms with Crippen molar-refractivity contribution < 1.29 is 9.47 Å². The zero-order valence-corrected chi connectivity index (χ0v) is 16.1. The molecule has 0 spiro atoms. The third-order valence-electron chi connectivity index (χ3n) is 5.91. The van der Waals surface area contributed by atoms with Crippen LogP contribution < -0.4 is 5.73 Å². The first-order chi connectivity index (χ1) is 13.5. The van der Waals surface area contributed by atoms with Crippen molar-refractivity contribution in [2.75, 3.05) is 5.73 Å². The summed E-state index contributed by atoms with van der Waals surface area (Å²) < 4.78 is 14.9. The van der Waals surface area contributed by atoms with E-state index in [1.807, 2.05) is 19.9 Å². The topological polar surface area (TPSA) is 75.2 Å². The monoisotopic (exact) mass is 376 g/mol. The Labute approximate surface area is 164 Å². The second kappa shape index (κ2) is 6.15. The molecule has 2 fully saturated rings. The van der Waals surface area contributed by atoms with Crippen molar-refractivity contribution in [3.63, 3.8) is 0 Å². The Morgan fingerprint density at radius 2 is 1.93 bits per heavy atom. The lowest BCUT2D eigenvalue weighted by atomic mass is 9.95. The zero-order valence-electron chi connectivity index (χ0n) is 16.1. The highest BCUT2D eigenvalue weighted by atomic mass is 16.8. The van der Waals surface area contributed by atoms with Gasteiger partial charge in [0, 0.05) is 17.7 Å². The molecule has 2 aromatic heterocycles. The van der Waals surface area contributed by atoms with Crippen molar-refractivity contribution >= 4 is 22.9 Å². The highest BCUT2D eigenvalue weighted by molar-refractivity contribution is 5.94. The number of aromatic nitrogens is 3. The Kier molecular flexibility index (Phi) is 3.82. The Hall–Kier alpha value is -2.70. The first-order valence-corrected chi connectivity index (χ1v) is 9.62. The third-order valence-corrected chi connectivity index (χ3v) is 5.91. The van der Waals surface area contributed by atoms with E-state index >= 15 is 0 Å². The minimum atomic E-state index is -0.612. The molecular weight excluding hydrogens is 352 g/mol. The van der Waals surface area contributed by atoms with E-state index < -0.39 is 5.79 Å². The molecule has 2 N–H and O–H groups in total. The fourth-order valence-corrected chi connectivity index (χ4v) is 4.80. The minimum absolute atomic E-state index is 0.00813. The van der Waals surface area contributed by atoms with Crippen LogP contribution in [-0.4, -0.2) is 32.5 Å².